The number of halogens is 1. The lowest BCUT2D eigenvalue weighted by atomic mass is 9.72. The van der Waals surface area contributed by atoms with Crippen molar-refractivity contribution in [3.8, 4) is 11.5 Å². The number of carbonyl (C=O) groups excluding carboxylic acids is 1. The number of methoxy groups -OCH3 is 2. The van der Waals surface area contributed by atoms with E-state index in [4.69, 9.17) is 9.47 Å². The average Bonchev–Trinajstić information content (AvgIpc) is 2.62. The molecule has 3 rings (SSSR count). The van der Waals surface area contributed by atoms with Crippen molar-refractivity contribution in [1.29, 1.82) is 0 Å². The predicted octanol–water partition coefficient (Wildman–Crippen LogP) is 4.51. The van der Waals surface area contributed by atoms with Gasteiger partial charge in [0.25, 0.3) is 5.91 Å². The lowest BCUT2D eigenvalue weighted by molar-refractivity contribution is 0.0217. The first-order valence-electron chi connectivity index (χ1n) is 8.79. The molecule has 1 aliphatic carbocycles. The molecule has 132 valence electrons. The van der Waals surface area contributed by atoms with Crippen molar-refractivity contribution in [2.24, 2.45) is 11.8 Å². The van der Waals surface area contributed by atoms with E-state index in [0.29, 0.717) is 34.9 Å². The smallest absolute Gasteiger partial charge is 0.254 e. The molecule has 1 aromatic carbocycles. The standard InChI is InChI=1S/C19H26BrNO3/c1-12-8-9-21(15-7-5-4-6-14(12)15)19(22)13-10-16(23-2)18(20)17(11-13)24-3/h10-12,14-15H,4-9H2,1-3H3. The van der Waals surface area contributed by atoms with Crippen molar-refractivity contribution < 1.29 is 14.3 Å². The average molecular weight is 396 g/mol. The molecule has 3 unspecified atom stereocenters. The van der Waals surface area contributed by atoms with Gasteiger partial charge in [0.2, 0.25) is 0 Å². The van der Waals surface area contributed by atoms with Crippen LogP contribution in [0.3, 0.4) is 0 Å². The summed E-state index contributed by atoms with van der Waals surface area (Å²) in [5.41, 5.74) is 0.644. The van der Waals surface area contributed by atoms with Crippen LogP contribution in [0.1, 0.15) is 49.4 Å². The van der Waals surface area contributed by atoms with Gasteiger partial charge >= 0.3 is 0 Å². The summed E-state index contributed by atoms with van der Waals surface area (Å²) in [6.07, 6.45) is 6.00. The monoisotopic (exact) mass is 395 g/mol. The number of hydrogen-bond acceptors (Lipinski definition) is 3. The van der Waals surface area contributed by atoms with E-state index in [-0.39, 0.29) is 5.91 Å². The van der Waals surface area contributed by atoms with Gasteiger partial charge in [-0.1, -0.05) is 19.8 Å². The van der Waals surface area contributed by atoms with Crippen LogP contribution in [0.2, 0.25) is 0 Å². The van der Waals surface area contributed by atoms with Gasteiger partial charge in [-0.05, 0) is 59.2 Å². The maximum absolute atomic E-state index is 13.2. The number of nitrogens with zero attached hydrogens (tertiary/aromatic N) is 1. The number of likely N-dealkylation sites (tertiary alicyclic amines) is 1. The van der Waals surface area contributed by atoms with E-state index in [1.807, 2.05) is 12.1 Å². The fraction of sp³-hybridized carbons (Fsp3) is 0.632. The molecule has 5 heteroatoms. The highest BCUT2D eigenvalue weighted by atomic mass is 79.9. The minimum Gasteiger partial charge on any atom is -0.495 e. The number of rotatable bonds is 3. The Morgan fingerprint density at radius 2 is 1.75 bits per heavy atom. The Hall–Kier alpha value is -1.23. The molecule has 24 heavy (non-hydrogen) atoms. The van der Waals surface area contributed by atoms with Crippen LogP contribution >= 0.6 is 15.9 Å². The number of benzene rings is 1. The topological polar surface area (TPSA) is 38.8 Å². The van der Waals surface area contributed by atoms with Crippen molar-refractivity contribution in [3.63, 3.8) is 0 Å². The van der Waals surface area contributed by atoms with E-state index < -0.39 is 0 Å². The molecule has 1 saturated carbocycles. The van der Waals surface area contributed by atoms with Crippen molar-refractivity contribution in [2.75, 3.05) is 20.8 Å². The summed E-state index contributed by atoms with van der Waals surface area (Å²) in [5, 5.41) is 0. The lowest BCUT2D eigenvalue weighted by Crippen LogP contribution is -2.52. The third-order valence-electron chi connectivity index (χ3n) is 5.69. The number of hydrogen-bond donors (Lipinski definition) is 0. The third kappa shape index (κ3) is 3.15. The predicted molar refractivity (Wildman–Crippen MR) is 97.8 cm³/mol. The van der Waals surface area contributed by atoms with Crippen molar-refractivity contribution in [2.45, 2.75) is 45.1 Å². The molecule has 2 aliphatic rings. The first-order chi connectivity index (χ1) is 11.6. The van der Waals surface area contributed by atoms with Crippen LogP contribution in [-0.2, 0) is 0 Å². The molecular formula is C19H26BrNO3. The molecule has 0 N–H and O–H groups in total. The van der Waals surface area contributed by atoms with Crippen LogP contribution in [0, 0.1) is 11.8 Å². The van der Waals surface area contributed by atoms with Gasteiger partial charge in [-0.25, -0.2) is 0 Å². The van der Waals surface area contributed by atoms with Crippen LogP contribution in [0.15, 0.2) is 16.6 Å². The number of fused-ring (bicyclic) bond motifs is 1. The molecule has 0 radical (unpaired) electrons. The molecule has 3 atom stereocenters. The second kappa shape index (κ2) is 7.34. The Kier molecular flexibility index (Phi) is 5.38. The van der Waals surface area contributed by atoms with Crippen LogP contribution in [-0.4, -0.2) is 37.6 Å². The first kappa shape index (κ1) is 17.6. The molecular weight excluding hydrogens is 370 g/mol. The normalized spacial score (nSPS) is 26.7. The van der Waals surface area contributed by atoms with Crippen LogP contribution in [0.5, 0.6) is 11.5 Å². The van der Waals surface area contributed by atoms with Gasteiger partial charge in [-0.3, -0.25) is 4.79 Å². The number of piperidine rings is 1. The quantitative estimate of drug-likeness (QED) is 0.755. The molecule has 1 aliphatic heterocycles. The number of amides is 1. The number of carbonyl (C=O) groups is 1. The van der Waals surface area contributed by atoms with Crippen LogP contribution < -0.4 is 9.47 Å². The Balaban J connectivity index is 1.90. The van der Waals surface area contributed by atoms with E-state index in [1.54, 1.807) is 14.2 Å². The second-order valence-corrected chi connectivity index (χ2v) is 7.77. The maximum atomic E-state index is 13.2. The molecule has 1 heterocycles. The van der Waals surface area contributed by atoms with E-state index in [1.165, 1.54) is 19.3 Å². The molecule has 1 amide bonds. The molecule has 0 spiro atoms. The third-order valence-corrected chi connectivity index (χ3v) is 6.47. The Bertz CT molecular complexity index is 594. The summed E-state index contributed by atoms with van der Waals surface area (Å²) in [6.45, 7) is 3.19. The lowest BCUT2D eigenvalue weighted by Gasteiger charge is -2.47. The largest absolute Gasteiger partial charge is 0.495 e. The SMILES string of the molecule is COc1cc(C(=O)N2CCC(C)C3CCCCC32)cc(OC)c1Br. The fourth-order valence-corrected chi connectivity index (χ4v) is 4.88. The van der Waals surface area contributed by atoms with Gasteiger partial charge in [0.05, 0.1) is 14.2 Å². The highest BCUT2D eigenvalue weighted by molar-refractivity contribution is 9.10. The minimum atomic E-state index is 0.0999. The van der Waals surface area contributed by atoms with Gasteiger partial charge in [-0.15, -0.1) is 0 Å². The Morgan fingerprint density at radius 1 is 1.12 bits per heavy atom. The van der Waals surface area contributed by atoms with Crippen molar-refractivity contribution in [1.82, 2.24) is 4.90 Å². The minimum absolute atomic E-state index is 0.0999. The number of ether oxygens (including phenoxy) is 2. The molecule has 1 aromatic rings. The zero-order chi connectivity index (χ0) is 17.3. The molecule has 4 nitrogen and oxygen atoms in total. The van der Waals surface area contributed by atoms with Crippen molar-refractivity contribution >= 4 is 21.8 Å². The summed E-state index contributed by atoms with van der Waals surface area (Å²) in [5.74, 6) is 2.72. The van der Waals surface area contributed by atoms with Crippen LogP contribution in [0.4, 0.5) is 0 Å². The first-order valence-corrected chi connectivity index (χ1v) is 9.58. The van der Waals surface area contributed by atoms with E-state index >= 15 is 0 Å². The highest BCUT2D eigenvalue weighted by Crippen LogP contribution is 2.41. The molecule has 0 bridgehead atoms. The fourth-order valence-electron chi connectivity index (χ4n) is 4.32. The van der Waals surface area contributed by atoms with Gasteiger partial charge < -0.3 is 14.4 Å². The molecule has 0 aromatic heterocycles. The van der Waals surface area contributed by atoms with Crippen LogP contribution in [0.25, 0.3) is 0 Å². The zero-order valence-corrected chi connectivity index (χ0v) is 16.3. The summed E-state index contributed by atoms with van der Waals surface area (Å²) >= 11 is 3.47. The van der Waals surface area contributed by atoms with E-state index in [9.17, 15) is 4.79 Å². The highest BCUT2D eigenvalue weighted by Gasteiger charge is 2.39. The summed E-state index contributed by atoms with van der Waals surface area (Å²) < 4.78 is 11.5. The Labute approximate surface area is 152 Å². The van der Waals surface area contributed by atoms with Crippen molar-refractivity contribution in [3.05, 3.63) is 22.2 Å². The van der Waals surface area contributed by atoms with E-state index in [2.05, 4.69) is 27.8 Å². The van der Waals surface area contributed by atoms with Gasteiger partial charge in [0.1, 0.15) is 16.0 Å². The summed E-state index contributed by atoms with van der Waals surface area (Å²) in [6, 6.07) is 4.01. The summed E-state index contributed by atoms with van der Waals surface area (Å²) in [7, 11) is 3.21. The Morgan fingerprint density at radius 3 is 2.38 bits per heavy atom. The van der Waals surface area contributed by atoms with Gasteiger partial charge in [-0.2, -0.15) is 0 Å². The second-order valence-electron chi connectivity index (χ2n) is 6.97. The molecule has 1 saturated heterocycles. The van der Waals surface area contributed by atoms with Gasteiger partial charge in [0.15, 0.2) is 0 Å². The van der Waals surface area contributed by atoms with E-state index in [0.717, 1.165) is 23.9 Å². The zero-order valence-electron chi connectivity index (χ0n) is 14.7. The maximum Gasteiger partial charge on any atom is 0.254 e. The summed E-state index contributed by atoms with van der Waals surface area (Å²) in [4.78, 5) is 15.3. The van der Waals surface area contributed by atoms with Gasteiger partial charge in [0, 0.05) is 18.2 Å². The molecule has 2 fully saturated rings.